The molecule has 0 saturated carbocycles. The fourth-order valence-electron chi connectivity index (χ4n) is 2.31. The van der Waals surface area contributed by atoms with Crippen LogP contribution in [0.1, 0.15) is 23.5 Å². The molecule has 0 heterocycles. The van der Waals surface area contributed by atoms with Crippen LogP contribution >= 0.6 is 0 Å². The quantitative estimate of drug-likeness (QED) is 0.825. The van der Waals surface area contributed by atoms with Crippen LogP contribution in [0.15, 0.2) is 60.7 Å². The Balaban J connectivity index is 2.11. The maximum absolute atomic E-state index is 12.4. The van der Waals surface area contributed by atoms with Gasteiger partial charge in [-0.25, -0.2) is 0 Å². The Morgan fingerprint density at radius 1 is 0.955 bits per heavy atom. The van der Waals surface area contributed by atoms with Crippen molar-refractivity contribution in [1.29, 1.82) is 0 Å². The zero-order valence-corrected chi connectivity index (χ0v) is 12.2. The predicted octanol–water partition coefficient (Wildman–Crippen LogP) is 2.60. The number of amides is 1. The van der Waals surface area contributed by atoms with Crippen molar-refractivity contribution in [3.63, 3.8) is 0 Å². The van der Waals surface area contributed by atoms with Crippen LogP contribution in [-0.4, -0.2) is 23.5 Å². The molecule has 0 bridgehead atoms. The lowest BCUT2D eigenvalue weighted by Crippen LogP contribution is -2.32. The summed E-state index contributed by atoms with van der Waals surface area (Å²) in [5.74, 6) is -1.38. The van der Waals surface area contributed by atoms with Crippen molar-refractivity contribution >= 4 is 11.9 Å². The summed E-state index contributed by atoms with van der Waals surface area (Å²) in [5.41, 5.74) is 2.00. The molecule has 0 aliphatic rings. The minimum Gasteiger partial charge on any atom is -0.481 e. The first-order valence-electron chi connectivity index (χ1n) is 7.25. The Morgan fingerprint density at radius 2 is 1.55 bits per heavy atom. The molecule has 0 saturated heterocycles. The van der Waals surface area contributed by atoms with E-state index in [0.29, 0.717) is 6.42 Å². The molecule has 1 unspecified atom stereocenters. The van der Waals surface area contributed by atoms with Crippen LogP contribution in [0.25, 0.3) is 0 Å². The number of benzene rings is 2. The number of nitrogens with one attached hydrogen (secondary N) is 1. The molecule has 2 rings (SSSR count). The van der Waals surface area contributed by atoms with E-state index in [4.69, 9.17) is 5.11 Å². The highest BCUT2D eigenvalue weighted by Crippen LogP contribution is 2.21. The molecule has 22 heavy (non-hydrogen) atoms. The molecule has 4 heteroatoms. The second-order valence-corrected chi connectivity index (χ2v) is 5.09. The Kier molecular flexibility index (Phi) is 5.72. The second kappa shape index (κ2) is 7.98. The molecule has 0 aliphatic heterocycles. The van der Waals surface area contributed by atoms with E-state index < -0.39 is 5.97 Å². The van der Waals surface area contributed by atoms with Crippen LogP contribution in [0.2, 0.25) is 0 Å². The molecule has 0 aromatic heterocycles. The Hall–Kier alpha value is -2.62. The van der Waals surface area contributed by atoms with E-state index in [1.54, 1.807) is 0 Å². The minimum atomic E-state index is -0.917. The summed E-state index contributed by atoms with van der Waals surface area (Å²) in [6.45, 7) is 0.145. The third-order valence-electron chi connectivity index (χ3n) is 3.44. The van der Waals surface area contributed by atoms with Gasteiger partial charge in [0.05, 0.1) is 12.3 Å². The molecule has 0 aliphatic carbocycles. The number of hydrogen-bond acceptors (Lipinski definition) is 2. The maximum atomic E-state index is 12.4. The highest BCUT2D eigenvalue weighted by Gasteiger charge is 2.20. The first kappa shape index (κ1) is 15.8. The van der Waals surface area contributed by atoms with E-state index in [-0.39, 0.29) is 24.8 Å². The third kappa shape index (κ3) is 4.74. The summed E-state index contributed by atoms with van der Waals surface area (Å²) in [5, 5.41) is 11.4. The van der Waals surface area contributed by atoms with Crippen molar-refractivity contribution in [2.75, 3.05) is 6.54 Å². The van der Waals surface area contributed by atoms with Gasteiger partial charge in [-0.2, -0.15) is 0 Å². The number of carbonyl (C=O) groups excluding carboxylic acids is 1. The maximum Gasteiger partial charge on any atom is 0.305 e. The molecule has 0 spiro atoms. The number of carbonyl (C=O) groups is 2. The lowest BCUT2D eigenvalue weighted by Gasteiger charge is -2.17. The van der Waals surface area contributed by atoms with Crippen molar-refractivity contribution in [2.45, 2.75) is 18.8 Å². The molecule has 2 aromatic carbocycles. The largest absolute Gasteiger partial charge is 0.481 e. The van der Waals surface area contributed by atoms with Gasteiger partial charge in [-0.1, -0.05) is 60.7 Å². The summed E-state index contributed by atoms with van der Waals surface area (Å²) in [6.07, 6.45) is 0.516. The summed E-state index contributed by atoms with van der Waals surface area (Å²) in [4.78, 5) is 23.0. The Labute approximate surface area is 129 Å². The van der Waals surface area contributed by atoms with E-state index in [0.717, 1.165) is 11.1 Å². The smallest absolute Gasteiger partial charge is 0.305 e. The normalized spacial score (nSPS) is 11.6. The van der Waals surface area contributed by atoms with Crippen LogP contribution in [0.5, 0.6) is 0 Å². The van der Waals surface area contributed by atoms with Gasteiger partial charge in [0.2, 0.25) is 5.91 Å². The van der Waals surface area contributed by atoms with Gasteiger partial charge in [-0.15, -0.1) is 0 Å². The van der Waals surface area contributed by atoms with Crippen molar-refractivity contribution in [3.8, 4) is 0 Å². The highest BCUT2D eigenvalue weighted by molar-refractivity contribution is 5.84. The molecule has 0 fully saturated rings. The zero-order valence-electron chi connectivity index (χ0n) is 12.2. The van der Waals surface area contributed by atoms with E-state index in [9.17, 15) is 9.59 Å². The first-order chi connectivity index (χ1) is 10.7. The molecular weight excluding hydrogens is 278 g/mol. The van der Waals surface area contributed by atoms with Crippen LogP contribution in [0.3, 0.4) is 0 Å². The molecule has 4 nitrogen and oxygen atoms in total. The van der Waals surface area contributed by atoms with E-state index >= 15 is 0 Å². The van der Waals surface area contributed by atoms with Gasteiger partial charge in [0.1, 0.15) is 0 Å². The molecule has 2 N–H and O–H groups in total. The lowest BCUT2D eigenvalue weighted by molar-refractivity contribution is -0.136. The van der Waals surface area contributed by atoms with Crippen LogP contribution in [0, 0.1) is 0 Å². The first-order valence-corrected chi connectivity index (χ1v) is 7.25. The van der Waals surface area contributed by atoms with Crippen molar-refractivity contribution in [1.82, 2.24) is 5.32 Å². The summed E-state index contributed by atoms with van der Waals surface area (Å²) in [7, 11) is 0. The lowest BCUT2D eigenvalue weighted by atomic mass is 9.91. The molecule has 114 valence electrons. The topological polar surface area (TPSA) is 66.4 Å². The number of aliphatic carboxylic acids is 1. The fourth-order valence-corrected chi connectivity index (χ4v) is 2.31. The molecule has 1 atom stereocenters. The zero-order chi connectivity index (χ0) is 15.8. The summed E-state index contributed by atoms with van der Waals surface area (Å²) in [6, 6.07) is 19.4. The summed E-state index contributed by atoms with van der Waals surface area (Å²) < 4.78 is 0. The van der Waals surface area contributed by atoms with Crippen molar-refractivity contribution in [3.05, 3.63) is 71.8 Å². The van der Waals surface area contributed by atoms with Gasteiger partial charge in [0.15, 0.2) is 0 Å². The van der Waals surface area contributed by atoms with Crippen LogP contribution < -0.4 is 5.32 Å². The average molecular weight is 297 g/mol. The molecular formula is C18H19NO3. The standard InChI is InChI=1S/C18H19NO3/c20-17(21)11-12-19-18(22)16(15-9-5-2-6-10-15)13-14-7-3-1-4-8-14/h1-10,16H,11-13H2,(H,19,22)(H,20,21). The van der Waals surface area contributed by atoms with Gasteiger partial charge >= 0.3 is 5.97 Å². The van der Waals surface area contributed by atoms with Gasteiger partial charge in [0.25, 0.3) is 0 Å². The average Bonchev–Trinajstić information content (AvgIpc) is 2.54. The van der Waals surface area contributed by atoms with E-state index in [1.807, 2.05) is 60.7 Å². The van der Waals surface area contributed by atoms with Gasteiger partial charge in [0, 0.05) is 6.54 Å². The number of carboxylic acid groups (broad SMARTS) is 1. The number of hydrogen-bond donors (Lipinski definition) is 2. The molecule has 2 aromatic rings. The second-order valence-electron chi connectivity index (χ2n) is 5.09. The van der Waals surface area contributed by atoms with Gasteiger partial charge < -0.3 is 10.4 Å². The minimum absolute atomic E-state index is 0.0708. The Morgan fingerprint density at radius 3 is 2.14 bits per heavy atom. The van der Waals surface area contributed by atoms with Crippen molar-refractivity contribution in [2.24, 2.45) is 0 Å². The SMILES string of the molecule is O=C(O)CCNC(=O)C(Cc1ccccc1)c1ccccc1. The van der Waals surface area contributed by atoms with Gasteiger partial charge in [-0.05, 0) is 17.5 Å². The highest BCUT2D eigenvalue weighted by atomic mass is 16.4. The van der Waals surface area contributed by atoms with E-state index in [1.165, 1.54) is 0 Å². The molecule has 0 radical (unpaired) electrons. The van der Waals surface area contributed by atoms with Crippen LogP contribution in [-0.2, 0) is 16.0 Å². The molecule has 1 amide bonds. The number of rotatable bonds is 7. The fraction of sp³-hybridized carbons (Fsp3) is 0.222. The van der Waals surface area contributed by atoms with E-state index in [2.05, 4.69) is 5.32 Å². The predicted molar refractivity (Wildman–Crippen MR) is 84.6 cm³/mol. The summed E-state index contributed by atoms with van der Waals surface area (Å²) >= 11 is 0. The third-order valence-corrected chi connectivity index (χ3v) is 3.44. The number of carboxylic acids is 1. The Bertz CT molecular complexity index is 611. The van der Waals surface area contributed by atoms with Crippen molar-refractivity contribution < 1.29 is 14.7 Å². The van der Waals surface area contributed by atoms with Crippen LogP contribution in [0.4, 0.5) is 0 Å². The van der Waals surface area contributed by atoms with Gasteiger partial charge in [-0.3, -0.25) is 9.59 Å². The monoisotopic (exact) mass is 297 g/mol.